The summed E-state index contributed by atoms with van der Waals surface area (Å²) in [5.41, 5.74) is 1.00. The van der Waals surface area contributed by atoms with E-state index in [0.717, 1.165) is 22.3 Å². The molecule has 10 nitrogen and oxygen atoms in total. The van der Waals surface area contributed by atoms with E-state index in [4.69, 9.17) is 4.74 Å². The zero-order valence-corrected chi connectivity index (χ0v) is 24.7. The molecule has 1 aliphatic rings. The topological polar surface area (TPSA) is 129 Å². The van der Waals surface area contributed by atoms with Gasteiger partial charge in [-0.2, -0.15) is 0 Å². The summed E-state index contributed by atoms with van der Waals surface area (Å²) in [6, 6.07) is 19.9. The number of fused-ring (bicyclic) bond motifs is 1. The third kappa shape index (κ3) is 6.18. The molecule has 0 unspecified atom stereocenters. The molecule has 13 heteroatoms. The average molecular weight is 665 g/mol. The van der Waals surface area contributed by atoms with E-state index in [2.05, 4.69) is 14.7 Å². The Balaban J connectivity index is 0.00000372. The van der Waals surface area contributed by atoms with Crippen LogP contribution in [0.2, 0.25) is 0 Å². The van der Waals surface area contributed by atoms with E-state index in [1.54, 1.807) is 66.7 Å². The van der Waals surface area contributed by atoms with Crippen molar-refractivity contribution in [1.82, 2.24) is 19.3 Å². The number of ketones is 1. The standard InChI is InChI=1S/C33H25FN4O6S.K.H/c1-43-22-12-10-18(11-13-22)27(39)17-37-30(40)25-15-28(19-6-7-19)45-31(25)38(33(37)42)16-21-9-8-20(14-26(21)34)23-4-2-3-5-24(23)29-35-32(41)44-36-29;;/h2-5,8-15,19H,6-7,16-17H2,1H3,(H,35,36,41);;. The molecule has 3 aromatic carbocycles. The summed E-state index contributed by atoms with van der Waals surface area (Å²) in [6.45, 7) is -0.613. The number of H-pyrrole nitrogens is 1. The molecule has 0 atom stereocenters. The van der Waals surface area contributed by atoms with E-state index in [0.29, 0.717) is 44.1 Å². The summed E-state index contributed by atoms with van der Waals surface area (Å²) in [4.78, 5) is 56.1. The van der Waals surface area contributed by atoms with Crippen molar-refractivity contribution >= 4 is 78.7 Å². The number of carbonyl (C=O) groups is 1. The summed E-state index contributed by atoms with van der Waals surface area (Å²) in [5, 5.41) is 4.09. The number of methoxy groups -OCH3 is 1. The van der Waals surface area contributed by atoms with Crippen molar-refractivity contribution in [2.45, 2.75) is 31.8 Å². The summed E-state index contributed by atoms with van der Waals surface area (Å²) in [6.07, 6.45) is 2.00. The van der Waals surface area contributed by atoms with Crippen molar-refractivity contribution < 1.29 is 18.4 Å². The minimum atomic E-state index is -0.705. The second-order valence-corrected chi connectivity index (χ2v) is 11.9. The zero-order chi connectivity index (χ0) is 31.2. The van der Waals surface area contributed by atoms with E-state index < -0.39 is 35.2 Å². The molecule has 228 valence electrons. The summed E-state index contributed by atoms with van der Waals surface area (Å²) >= 11 is 1.36. The fourth-order valence-electron chi connectivity index (χ4n) is 5.38. The maximum absolute atomic E-state index is 15.8. The molecule has 6 aromatic rings. The number of benzene rings is 3. The molecular weight excluding hydrogens is 639 g/mol. The Hall–Kier alpha value is -3.72. The Bertz CT molecular complexity index is 2280. The number of halogens is 1. The van der Waals surface area contributed by atoms with Crippen molar-refractivity contribution in [3.8, 4) is 28.3 Å². The number of hydrogen-bond donors (Lipinski definition) is 1. The molecule has 46 heavy (non-hydrogen) atoms. The van der Waals surface area contributed by atoms with Gasteiger partial charge in [0.1, 0.15) is 16.4 Å². The van der Waals surface area contributed by atoms with E-state index >= 15 is 4.39 Å². The first-order valence-corrected chi connectivity index (χ1v) is 15.0. The third-order valence-corrected chi connectivity index (χ3v) is 9.24. The van der Waals surface area contributed by atoms with E-state index in [9.17, 15) is 19.2 Å². The molecule has 0 bridgehead atoms. The Kier molecular flexibility index (Phi) is 9.23. The Morgan fingerprint density at radius 2 is 1.76 bits per heavy atom. The zero-order valence-electron chi connectivity index (χ0n) is 23.9. The van der Waals surface area contributed by atoms with Gasteiger partial charge in [0, 0.05) is 21.6 Å². The Morgan fingerprint density at radius 3 is 2.41 bits per heavy atom. The van der Waals surface area contributed by atoms with Crippen LogP contribution >= 0.6 is 11.3 Å². The molecule has 1 aliphatic carbocycles. The fourth-order valence-corrected chi connectivity index (χ4v) is 6.69. The number of rotatable bonds is 9. The predicted octanol–water partition coefficient (Wildman–Crippen LogP) is 4.54. The van der Waals surface area contributed by atoms with Crippen LogP contribution in [0, 0.1) is 5.82 Å². The van der Waals surface area contributed by atoms with Crippen molar-refractivity contribution in [3.63, 3.8) is 0 Å². The van der Waals surface area contributed by atoms with Crippen molar-refractivity contribution in [3.05, 3.63) is 126 Å². The molecule has 0 spiro atoms. The number of thiophene rings is 1. The molecule has 0 radical (unpaired) electrons. The SMILES string of the molecule is COc1ccc(C(=O)Cn2c(=O)c3cc(C4CC4)sc3n(Cc3ccc(-c4ccccc4-c4noc(=O)[nH]4)cc3F)c2=O)cc1.[KH]. The van der Waals surface area contributed by atoms with Gasteiger partial charge in [0.25, 0.3) is 5.56 Å². The number of ether oxygens (including phenoxy) is 1. The van der Waals surface area contributed by atoms with Crippen molar-refractivity contribution in [1.29, 1.82) is 0 Å². The van der Waals surface area contributed by atoms with Crippen LogP contribution in [0.3, 0.4) is 0 Å². The van der Waals surface area contributed by atoms with E-state index in [1.807, 2.05) is 0 Å². The molecule has 0 aliphatic heterocycles. The van der Waals surface area contributed by atoms with Gasteiger partial charge in [0.2, 0.25) is 0 Å². The van der Waals surface area contributed by atoms with Crippen LogP contribution < -0.4 is 21.7 Å². The third-order valence-electron chi connectivity index (χ3n) is 7.92. The van der Waals surface area contributed by atoms with Gasteiger partial charge in [0.15, 0.2) is 11.6 Å². The van der Waals surface area contributed by atoms with Gasteiger partial charge in [-0.25, -0.2) is 14.0 Å². The van der Waals surface area contributed by atoms with E-state index in [-0.39, 0.29) is 69.3 Å². The van der Waals surface area contributed by atoms with Crippen LogP contribution in [0.1, 0.15) is 39.6 Å². The molecule has 1 saturated carbocycles. The molecule has 0 saturated heterocycles. The van der Waals surface area contributed by atoms with Gasteiger partial charge in [-0.3, -0.25) is 28.2 Å². The molecular formula is C33H26FKN4O6S. The molecule has 7 rings (SSSR count). The Morgan fingerprint density at radius 1 is 1.02 bits per heavy atom. The van der Waals surface area contributed by atoms with Crippen LogP contribution in [0.15, 0.2) is 91.7 Å². The van der Waals surface area contributed by atoms with Crippen LogP contribution in [0.25, 0.3) is 32.7 Å². The van der Waals surface area contributed by atoms with E-state index in [1.165, 1.54) is 29.1 Å². The monoisotopic (exact) mass is 664 g/mol. The first-order valence-electron chi connectivity index (χ1n) is 14.2. The summed E-state index contributed by atoms with van der Waals surface area (Å²) < 4.78 is 27.9. The van der Waals surface area contributed by atoms with Gasteiger partial charge in [-0.15, -0.1) is 11.3 Å². The molecule has 3 heterocycles. The van der Waals surface area contributed by atoms with Crippen molar-refractivity contribution in [2.24, 2.45) is 0 Å². The number of nitrogens with one attached hydrogen (secondary N) is 1. The van der Waals surface area contributed by atoms with Gasteiger partial charge in [-0.05, 0) is 66.3 Å². The number of Topliss-reactive ketones (excluding diaryl/α,β-unsaturated/α-hetero) is 1. The molecule has 1 N–H and O–H groups in total. The number of aromatic amines is 1. The first kappa shape index (κ1) is 32.2. The van der Waals surface area contributed by atoms with Gasteiger partial charge in [0.05, 0.1) is 25.6 Å². The summed E-state index contributed by atoms with van der Waals surface area (Å²) in [5.74, 6) is -0.572. The van der Waals surface area contributed by atoms with Crippen LogP contribution in [0.4, 0.5) is 4.39 Å². The maximum atomic E-state index is 15.8. The second-order valence-electron chi connectivity index (χ2n) is 10.8. The van der Waals surface area contributed by atoms with Crippen molar-refractivity contribution in [2.75, 3.05) is 7.11 Å². The fraction of sp³-hybridized carbons (Fsp3) is 0.182. The minimum absolute atomic E-state index is 0. The number of carbonyl (C=O) groups excluding carboxylic acids is 1. The first-order chi connectivity index (χ1) is 21.8. The van der Waals surface area contributed by atoms with Crippen LogP contribution in [0.5, 0.6) is 5.75 Å². The number of hydrogen-bond acceptors (Lipinski definition) is 8. The van der Waals surface area contributed by atoms with Gasteiger partial charge >= 0.3 is 62.8 Å². The predicted molar refractivity (Wildman–Crippen MR) is 174 cm³/mol. The second kappa shape index (κ2) is 13.2. The number of nitrogens with zero attached hydrogens (tertiary/aromatic N) is 3. The van der Waals surface area contributed by atoms with Gasteiger partial charge in [-0.1, -0.05) is 41.6 Å². The normalized spacial score (nSPS) is 12.7. The van der Waals surface area contributed by atoms with Gasteiger partial charge < -0.3 is 4.74 Å². The summed E-state index contributed by atoms with van der Waals surface area (Å²) in [7, 11) is 1.52. The van der Waals surface area contributed by atoms with Crippen LogP contribution in [-0.4, -0.2) is 83.6 Å². The average Bonchev–Trinajstić information content (AvgIpc) is 3.66. The quantitative estimate of drug-likeness (QED) is 0.178. The molecule has 0 amide bonds. The van der Waals surface area contributed by atoms with Crippen LogP contribution in [-0.2, 0) is 13.1 Å². The molecule has 3 aromatic heterocycles. The Labute approximate surface area is 306 Å². The number of aromatic nitrogens is 4. The molecule has 1 fully saturated rings.